The lowest BCUT2D eigenvalue weighted by Crippen LogP contribution is -2.45. The molecule has 1 atom stereocenters. The number of carbonyl (C=O) groups excluding carboxylic acids is 1. The summed E-state index contributed by atoms with van der Waals surface area (Å²) in [6.07, 6.45) is 1.07. The van der Waals surface area contributed by atoms with E-state index in [2.05, 4.69) is 5.32 Å². The second kappa shape index (κ2) is 9.55. The lowest BCUT2D eigenvalue weighted by molar-refractivity contribution is -0.116. The van der Waals surface area contributed by atoms with Gasteiger partial charge in [-0.3, -0.25) is 9.10 Å². The average Bonchev–Trinajstić information content (AvgIpc) is 2.71. The second-order valence-corrected chi connectivity index (χ2v) is 10.0. The minimum atomic E-state index is -3.70. The number of sulfonamides is 1. The van der Waals surface area contributed by atoms with Crippen LogP contribution in [0.4, 0.5) is 11.4 Å². The van der Waals surface area contributed by atoms with Crippen molar-refractivity contribution >= 4 is 50.7 Å². The first-order valence-corrected chi connectivity index (χ1v) is 12.2. The molecule has 3 rings (SSSR count). The lowest BCUT2D eigenvalue weighted by atomic mass is 10.2. The number of hydrogen-bond donors (Lipinski definition) is 1. The molecule has 0 aromatic heterocycles. The Bertz CT molecular complexity index is 1120. The van der Waals surface area contributed by atoms with E-state index in [0.717, 1.165) is 20.4 Å². The summed E-state index contributed by atoms with van der Waals surface area (Å²) in [7, 11) is -3.70. The number of para-hydroxylation sites is 1. The molecule has 8 heteroatoms. The molecule has 1 unspecified atom stereocenters. The van der Waals surface area contributed by atoms with Gasteiger partial charge in [0.2, 0.25) is 15.9 Å². The van der Waals surface area contributed by atoms with E-state index in [0.29, 0.717) is 16.4 Å². The van der Waals surface area contributed by atoms with Crippen molar-refractivity contribution in [3.8, 4) is 0 Å². The van der Waals surface area contributed by atoms with Crippen molar-refractivity contribution in [1.29, 1.82) is 0 Å². The first-order chi connectivity index (χ1) is 14.3. The normalized spacial score (nSPS) is 12.2. The van der Waals surface area contributed by atoms with Gasteiger partial charge >= 0.3 is 0 Å². The molecule has 0 saturated heterocycles. The van der Waals surface area contributed by atoms with Crippen LogP contribution in [0.2, 0.25) is 5.02 Å². The van der Waals surface area contributed by atoms with Gasteiger partial charge in [-0.05, 0) is 55.5 Å². The molecule has 0 bridgehead atoms. The maximum atomic E-state index is 13.0. The fourth-order valence-corrected chi connectivity index (χ4v) is 5.13. The zero-order valence-electron chi connectivity index (χ0n) is 16.4. The number of amides is 1. The Labute approximate surface area is 186 Å². The number of benzene rings is 3. The van der Waals surface area contributed by atoms with Gasteiger partial charge in [-0.25, -0.2) is 8.42 Å². The van der Waals surface area contributed by atoms with Crippen LogP contribution in [0, 0.1) is 0 Å². The first kappa shape index (κ1) is 22.2. The Balaban J connectivity index is 1.85. The average molecular weight is 461 g/mol. The van der Waals surface area contributed by atoms with Gasteiger partial charge in [-0.1, -0.05) is 53.7 Å². The van der Waals surface area contributed by atoms with Crippen LogP contribution >= 0.6 is 23.4 Å². The van der Waals surface area contributed by atoms with Crippen LogP contribution in [0.3, 0.4) is 0 Å². The molecule has 3 aromatic carbocycles. The molecule has 156 valence electrons. The molecule has 0 spiro atoms. The summed E-state index contributed by atoms with van der Waals surface area (Å²) in [5, 5.41) is 3.35. The standard InChI is InChI=1S/C22H21ClN2O3S2/c1-16(25(30(2,27)28)18-14-12-17(23)13-15-18)22(26)24-20-10-6-7-11-21(20)29-19-8-4-3-5-9-19/h3-16H,1-2H3,(H,24,26). The zero-order chi connectivity index (χ0) is 21.7. The van der Waals surface area contributed by atoms with E-state index in [-0.39, 0.29) is 0 Å². The summed E-state index contributed by atoms with van der Waals surface area (Å²) >= 11 is 7.43. The summed E-state index contributed by atoms with van der Waals surface area (Å²) in [6.45, 7) is 1.55. The van der Waals surface area contributed by atoms with Gasteiger partial charge in [-0.2, -0.15) is 0 Å². The molecular weight excluding hydrogens is 440 g/mol. The van der Waals surface area contributed by atoms with Gasteiger partial charge in [0.25, 0.3) is 0 Å². The van der Waals surface area contributed by atoms with E-state index in [9.17, 15) is 13.2 Å². The molecule has 0 aliphatic rings. The minimum Gasteiger partial charge on any atom is -0.323 e. The third kappa shape index (κ3) is 5.56. The van der Waals surface area contributed by atoms with Crippen molar-refractivity contribution in [3.05, 3.63) is 83.9 Å². The van der Waals surface area contributed by atoms with Gasteiger partial charge in [0.05, 0.1) is 17.6 Å². The summed E-state index contributed by atoms with van der Waals surface area (Å²) < 4.78 is 26.0. The van der Waals surface area contributed by atoms with E-state index < -0.39 is 22.0 Å². The Morgan fingerprint density at radius 3 is 2.20 bits per heavy atom. The van der Waals surface area contributed by atoms with Crippen molar-refractivity contribution < 1.29 is 13.2 Å². The Kier molecular flexibility index (Phi) is 7.07. The minimum absolute atomic E-state index is 0.372. The van der Waals surface area contributed by atoms with Crippen LogP contribution in [0.15, 0.2) is 88.7 Å². The van der Waals surface area contributed by atoms with Crippen molar-refractivity contribution in [2.45, 2.75) is 22.8 Å². The SMILES string of the molecule is CC(C(=O)Nc1ccccc1Sc1ccccc1)N(c1ccc(Cl)cc1)S(C)(=O)=O. The number of nitrogens with one attached hydrogen (secondary N) is 1. The fraction of sp³-hybridized carbons (Fsp3) is 0.136. The highest BCUT2D eigenvalue weighted by atomic mass is 35.5. The Morgan fingerprint density at radius 2 is 1.57 bits per heavy atom. The molecule has 0 saturated carbocycles. The molecule has 3 aromatic rings. The predicted octanol–water partition coefficient (Wildman–Crippen LogP) is 5.28. The smallest absolute Gasteiger partial charge is 0.248 e. The van der Waals surface area contributed by atoms with Crippen molar-refractivity contribution in [1.82, 2.24) is 0 Å². The highest BCUT2D eigenvalue weighted by Crippen LogP contribution is 2.33. The molecule has 0 aliphatic heterocycles. The third-order valence-corrected chi connectivity index (χ3v) is 6.86. The van der Waals surface area contributed by atoms with Crippen LogP contribution in [-0.4, -0.2) is 26.6 Å². The van der Waals surface area contributed by atoms with E-state index in [4.69, 9.17) is 11.6 Å². The van der Waals surface area contributed by atoms with Crippen LogP contribution < -0.4 is 9.62 Å². The molecule has 5 nitrogen and oxygen atoms in total. The number of halogens is 1. The maximum absolute atomic E-state index is 13.0. The van der Waals surface area contributed by atoms with Crippen molar-refractivity contribution in [3.63, 3.8) is 0 Å². The van der Waals surface area contributed by atoms with E-state index in [1.807, 2.05) is 48.5 Å². The Hall–Kier alpha value is -2.48. The lowest BCUT2D eigenvalue weighted by Gasteiger charge is -2.28. The predicted molar refractivity (Wildman–Crippen MR) is 124 cm³/mol. The highest BCUT2D eigenvalue weighted by Gasteiger charge is 2.29. The van der Waals surface area contributed by atoms with Crippen molar-refractivity contribution in [2.24, 2.45) is 0 Å². The quantitative estimate of drug-likeness (QED) is 0.520. The molecule has 0 radical (unpaired) electrons. The second-order valence-electron chi connectivity index (χ2n) is 6.61. The molecule has 0 heterocycles. The third-order valence-electron chi connectivity index (χ3n) is 4.29. The molecule has 30 heavy (non-hydrogen) atoms. The monoisotopic (exact) mass is 460 g/mol. The maximum Gasteiger partial charge on any atom is 0.248 e. The summed E-state index contributed by atoms with van der Waals surface area (Å²) in [6, 6.07) is 22.6. The number of rotatable bonds is 7. The molecule has 1 amide bonds. The highest BCUT2D eigenvalue weighted by molar-refractivity contribution is 7.99. The van der Waals surface area contributed by atoms with Gasteiger partial charge in [0.15, 0.2) is 0 Å². The molecular formula is C22H21ClN2O3S2. The van der Waals surface area contributed by atoms with Crippen LogP contribution in [-0.2, 0) is 14.8 Å². The first-order valence-electron chi connectivity index (χ1n) is 9.13. The number of anilines is 2. The molecule has 0 fully saturated rings. The van der Waals surface area contributed by atoms with E-state index in [1.165, 1.54) is 11.8 Å². The van der Waals surface area contributed by atoms with Gasteiger partial charge in [0, 0.05) is 14.8 Å². The largest absolute Gasteiger partial charge is 0.323 e. The van der Waals surface area contributed by atoms with Gasteiger partial charge in [0.1, 0.15) is 6.04 Å². The molecule has 1 N–H and O–H groups in total. The zero-order valence-corrected chi connectivity index (χ0v) is 18.8. The van der Waals surface area contributed by atoms with E-state index in [1.54, 1.807) is 37.3 Å². The van der Waals surface area contributed by atoms with Gasteiger partial charge < -0.3 is 5.32 Å². The summed E-state index contributed by atoms with van der Waals surface area (Å²) in [4.78, 5) is 14.9. The van der Waals surface area contributed by atoms with Crippen LogP contribution in [0.25, 0.3) is 0 Å². The van der Waals surface area contributed by atoms with Crippen LogP contribution in [0.5, 0.6) is 0 Å². The number of hydrogen-bond acceptors (Lipinski definition) is 4. The van der Waals surface area contributed by atoms with Gasteiger partial charge in [-0.15, -0.1) is 0 Å². The summed E-state index contributed by atoms with van der Waals surface area (Å²) in [5.74, 6) is -0.434. The number of nitrogens with zero attached hydrogens (tertiary/aromatic N) is 1. The van der Waals surface area contributed by atoms with E-state index >= 15 is 0 Å². The number of carbonyl (C=O) groups is 1. The Morgan fingerprint density at radius 1 is 0.967 bits per heavy atom. The summed E-state index contributed by atoms with van der Waals surface area (Å²) in [5.41, 5.74) is 0.990. The fourth-order valence-electron chi connectivity index (χ4n) is 2.91. The van der Waals surface area contributed by atoms with Crippen LogP contribution in [0.1, 0.15) is 6.92 Å². The van der Waals surface area contributed by atoms with Crippen molar-refractivity contribution in [2.75, 3.05) is 15.9 Å². The topological polar surface area (TPSA) is 66.5 Å². The molecule has 0 aliphatic carbocycles.